The van der Waals surface area contributed by atoms with Crippen molar-refractivity contribution in [2.75, 3.05) is 0 Å². The number of nitriles is 2. The number of nitrogens with zero attached hydrogens (tertiary/aromatic N) is 2. The minimum Gasteiger partial charge on any atom is -0.192 e. The van der Waals surface area contributed by atoms with Crippen molar-refractivity contribution in [1.29, 1.82) is 10.5 Å². The van der Waals surface area contributed by atoms with E-state index < -0.39 is 0 Å². The van der Waals surface area contributed by atoms with Gasteiger partial charge < -0.3 is 0 Å². The minimum atomic E-state index is 0.185. The first-order chi connectivity index (χ1) is 10.3. The van der Waals surface area contributed by atoms with Crippen LogP contribution < -0.4 is 0 Å². The third-order valence-corrected chi connectivity index (χ3v) is 4.96. The number of rotatable bonds is 0. The van der Waals surface area contributed by atoms with Crippen LogP contribution in [-0.2, 0) is 0 Å². The van der Waals surface area contributed by atoms with Crippen LogP contribution in [0.15, 0.2) is 54.1 Å². The van der Waals surface area contributed by atoms with Gasteiger partial charge in [-0.1, -0.05) is 42.5 Å². The topological polar surface area (TPSA) is 47.6 Å². The average molecular weight is 284 g/mol. The van der Waals surface area contributed by atoms with Crippen LogP contribution in [0, 0.1) is 22.7 Å². The number of hydrogen-bond acceptors (Lipinski definition) is 3. The normalized spacial score (nSPS) is 11.6. The van der Waals surface area contributed by atoms with Crippen LogP contribution in [0.3, 0.4) is 0 Å². The maximum Gasteiger partial charge on any atom is 0.138 e. The lowest BCUT2D eigenvalue weighted by Crippen LogP contribution is -1.87. The van der Waals surface area contributed by atoms with Gasteiger partial charge in [-0.15, -0.1) is 11.3 Å². The van der Waals surface area contributed by atoms with Crippen LogP contribution in [0.4, 0.5) is 0 Å². The van der Waals surface area contributed by atoms with Crippen molar-refractivity contribution in [2.45, 2.75) is 0 Å². The van der Waals surface area contributed by atoms with Gasteiger partial charge >= 0.3 is 0 Å². The quantitative estimate of drug-likeness (QED) is 0.438. The zero-order valence-electron chi connectivity index (χ0n) is 10.9. The van der Waals surface area contributed by atoms with Gasteiger partial charge in [0.15, 0.2) is 0 Å². The monoisotopic (exact) mass is 284 g/mol. The van der Waals surface area contributed by atoms with Gasteiger partial charge in [0.25, 0.3) is 0 Å². The summed E-state index contributed by atoms with van der Waals surface area (Å²) in [6, 6.07) is 20.2. The fraction of sp³-hybridized carbons (Fsp3) is 0. The molecule has 0 N–H and O–H groups in total. The Morgan fingerprint density at radius 2 is 1.52 bits per heavy atom. The third-order valence-electron chi connectivity index (χ3n) is 3.76. The lowest BCUT2D eigenvalue weighted by Gasteiger charge is -2.03. The summed E-state index contributed by atoms with van der Waals surface area (Å²) in [5, 5.41) is 19.8. The molecule has 1 heterocycles. The molecule has 21 heavy (non-hydrogen) atoms. The van der Waals surface area contributed by atoms with E-state index in [1.165, 1.54) is 4.70 Å². The standard InChI is InChI=1S/C18H8N2S/c19-9-11(10-20)16-12-5-1-2-6-13(12)18-17(16)14-7-3-4-8-15(14)21-18/h1-8H. The zero-order chi connectivity index (χ0) is 14.4. The summed E-state index contributed by atoms with van der Waals surface area (Å²) in [6.07, 6.45) is 0. The summed E-state index contributed by atoms with van der Waals surface area (Å²) in [7, 11) is 0. The Balaban J connectivity index is 2.24. The van der Waals surface area contributed by atoms with Crippen molar-refractivity contribution in [3.8, 4) is 22.6 Å². The van der Waals surface area contributed by atoms with Gasteiger partial charge in [0.05, 0.1) is 0 Å². The van der Waals surface area contributed by atoms with E-state index in [0.29, 0.717) is 0 Å². The fourth-order valence-corrected chi connectivity index (χ4v) is 4.16. The van der Waals surface area contributed by atoms with E-state index in [1.54, 1.807) is 11.3 Å². The molecular formula is C18H8N2S. The van der Waals surface area contributed by atoms with Gasteiger partial charge in [-0.3, -0.25) is 0 Å². The molecule has 0 bridgehead atoms. The second kappa shape index (κ2) is 4.31. The summed E-state index contributed by atoms with van der Waals surface area (Å²) in [5.41, 5.74) is 4.11. The first-order valence-electron chi connectivity index (χ1n) is 6.51. The molecule has 0 saturated heterocycles. The summed E-state index contributed by atoms with van der Waals surface area (Å²) in [4.78, 5) is 1.16. The minimum absolute atomic E-state index is 0.185. The second-order valence-corrected chi connectivity index (χ2v) is 5.87. The molecule has 0 unspecified atom stereocenters. The van der Waals surface area contributed by atoms with Crippen molar-refractivity contribution < 1.29 is 0 Å². The highest BCUT2D eigenvalue weighted by atomic mass is 32.1. The molecule has 3 aromatic rings. The molecule has 1 aliphatic carbocycles. The summed E-state index contributed by atoms with van der Waals surface area (Å²) in [5.74, 6) is 0. The lowest BCUT2D eigenvalue weighted by atomic mass is 9.98. The smallest absolute Gasteiger partial charge is 0.138 e. The molecule has 0 aliphatic heterocycles. The number of fused-ring (bicyclic) bond motifs is 5. The summed E-state index contributed by atoms with van der Waals surface area (Å²) in [6.45, 7) is 0. The molecule has 0 fully saturated rings. The molecule has 0 atom stereocenters. The van der Waals surface area contributed by atoms with E-state index >= 15 is 0 Å². The molecule has 0 spiro atoms. The molecular weight excluding hydrogens is 276 g/mol. The van der Waals surface area contributed by atoms with Crippen molar-refractivity contribution in [1.82, 2.24) is 0 Å². The fourth-order valence-electron chi connectivity index (χ4n) is 2.91. The first-order valence-corrected chi connectivity index (χ1v) is 7.33. The molecule has 2 aromatic carbocycles. The Kier molecular flexibility index (Phi) is 2.44. The van der Waals surface area contributed by atoms with Gasteiger partial charge in [0, 0.05) is 31.7 Å². The van der Waals surface area contributed by atoms with Crippen LogP contribution in [-0.4, -0.2) is 0 Å². The number of allylic oxidation sites excluding steroid dienone is 1. The molecule has 3 heteroatoms. The largest absolute Gasteiger partial charge is 0.192 e. The van der Waals surface area contributed by atoms with E-state index in [4.69, 9.17) is 0 Å². The molecule has 1 aliphatic rings. The SMILES string of the molecule is N#CC(C#N)=C1c2ccccc2-c2sc3ccccc3c21. The predicted octanol–water partition coefficient (Wildman–Crippen LogP) is 4.73. The van der Waals surface area contributed by atoms with Crippen LogP contribution in [0.5, 0.6) is 0 Å². The van der Waals surface area contributed by atoms with E-state index in [0.717, 1.165) is 32.5 Å². The van der Waals surface area contributed by atoms with Gasteiger partial charge in [-0.2, -0.15) is 10.5 Å². The molecule has 2 nitrogen and oxygen atoms in total. The number of hydrogen-bond donors (Lipinski definition) is 0. The van der Waals surface area contributed by atoms with Crippen LogP contribution in [0.1, 0.15) is 11.1 Å². The Labute approximate surface area is 125 Å². The average Bonchev–Trinajstić information content (AvgIpc) is 3.05. The van der Waals surface area contributed by atoms with E-state index in [9.17, 15) is 10.5 Å². The highest BCUT2D eigenvalue weighted by Crippen LogP contribution is 2.52. The van der Waals surface area contributed by atoms with Crippen molar-refractivity contribution >= 4 is 27.0 Å². The van der Waals surface area contributed by atoms with Crippen molar-refractivity contribution in [2.24, 2.45) is 0 Å². The van der Waals surface area contributed by atoms with Crippen molar-refractivity contribution in [3.05, 3.63) is 65.2 Å². The Bertz CT molecular complexity index is 994. The maximum atomic E-state index is 9.32. The van der Waals surface area contributed by atoms with Gasteiger partial charge in [0.2, 0.25) is 0 Å². The maximum absolute atomic E-state index is 9.32. The highest BCUT2D eigenvalue weighted by molar-refractivity contribution is 7.22. The van der Waals surface area contributed by atoms with Crippen LogP contribution >= 0.6 is 11.3 Å². The van der Waals surface area contributed by atoms with E-state index in [1.807, 2.05) is 30.3 Å². The summed E-state index contributed by atoms with van der Waals surface area (Å²) < 4.78 is 1.18. The molecule has 0 saturated carbocycles. The van der Waals surface area contributed by atoms with E-state index in [-0.39, 0.29) is 5.57 Å². The van der Waals surface area contributed by atoms with Crippen LogP contribution in [0.2, 0.25) is 0 Å². The van der Waals surface area contributed by atoms with Gasteiger partial charge in [0.1, 0.15) is 17.7 Å². The van der Waals surface area contributed by atoms with E-state index in [2.05, 4.69) is 30.3 Å². The molecule has 4 rings (SSSR count). The second-order valence-electron chi connectivity index (χ2n) is 4.82. The van der Waals surface area contributed by atoms with Gasteiger partial charge in [-0.25, -0.2) is 0 Å². The Hall–Kier alpha value is -2.88. The zero-order valence-corrected chi connectivity index (χ0v) is 11.7. The molecule has 96 valence electrons. The number of benzene rings is 2. The first kappa shape index (κ1) is 11.9. The predicted molar refractivity (Wildman–Crippen MR) is 84.5 cm³/mol. The van der Waals surface area contributed by atoms with Crippen LogP contribution in [0.25, 0.3) is 26.1 Å². The van der Waals surface area contributed by atoms with Crippen molar-refractivity contribution in [3.63, 3.8) is 0 Å². The lowest BCUT2D eigenvalue weighted by molar-refractivity contribution is 1.46. The molecule has 0 amide bonds. The highest BCUT2D eigenvalue weighted by Gasteiger charge is 2.30. The Morgan fingerprint density at radius 3 is 2.29 bits per heavy atom. The Morgan fingerprint density at radius 1 is 0.857 bits per heavy atom. The molecule has 0 radical (unpaired) electrons. The number of thiophene rings is 1. The van der Waals surface area contributed by atoms with Gasteiger partial charge in [-0.05, 0) is 11.6 Å². The molecule has 1 aromatic heterocycles. The third kappa shape index (κ3) is 1.50. The summed E-state index contributed by atoms with van der Waals surface area (Å²) >= 11 is 1.72.